The second-order valence-corrected chi connectivity index (χ2v) is 6.60. The van der Waals surface area contributed by atoms with Crippen molar-refractivity contribution < 1.29 is 9.90 Å². The first kappa shape index (κ1) is 15.4. The van der Waals surface area contributed by atoms with E-state index in [0.717, 1.165) is 30.2 Å². The van der Waals surface area contributed by atoms with E-state index in [2.05, 4.69) is 28.2 Å². The van der Waals surface area contributed by atoms with Gasteiger partial charge >= 0.3 is 0 Å². The molecule has 1 aliphatic rings. The predicted octanol–water partition coefficient (Wildman–Crippen LogP) is 3.77. The molecular weight excluding hydrogens is 318 g/mol. The molecule has 2 N–H and O–H groups in total. The van der Waals surface area contributed by atoms with Crippen LogP contribution in [0.3, 0.4) is 0 Å². The summed E-state index contributed by atoms with van der Waals surface area (Å²) < 4.78 is 0. The molecule has 1 aliphatic carbocycles. The number of amides is 1. The standard InChI is InChI=1S/C16H22BrNO2/c1-11-5-4-8-16(9-11,10-17)18-15(20)13-7-3-6-12(2)14(13)19/h3,6-7,11,19H,4-5,8-10H2,1-2H3,(H,18,20). The number of phenolic OH excluding ortho intramolecular Hbond substituents is 1. The highest BCUT2D eigenvalue weighted by Crippen LogP contribution is 2.34. The number of para-hydroxylation sites is 1. The quantitative estimate of drug-likeness (QED) is 0.823. The van der Waals surface area contributed by atoms with E-state index in [1.807, 2.05) is 0 Å². The minimum Gasteiger partial charge on any atom is -0.507 e. The molecule has 0 saturated heterocycles. The zero-order chi connectivity index (χ0) is 14.8. The van der Waals surface area contributed by atoms with Crippen LogP contribution in [0.5, 0.6) is 5.75 Å². The number of nitrogens with one attached hydrogen (secondary N) is 1. The summed E-state index contributed by atoms with van der Waals surface area (Å²) in [7, 11) is 0. The molecule has 4 heteroatoms. The molecule has 2 rings (SSSR count). The van der Waals surface area contributed by atoms with Gasteiger partial charge in [-0.15, -0.1) is 0 Å². The summed E-state index contributed by atoms with van der Waals surface area (Å²) >= 11 is 3.55. The Morgan fingerprint density at radius 2 is 2.30 bits per heavy atom. The number of phenols is 1. The van der Waals surface area contributed by atoms with Gasteiger partial charge in [-0.05, 0) is 37.3 Å². The summed E-state index contributed by atoms with van der Waals surface area (Å²) in [6, 6.07) is 5.27. The van der Waals surface area contributed by atoms with Crippen LogP contribution in [-0.2, 0) is 0 Å². The average molecular weight is 340 g/mol. The number of benzene rings is 1. The van der Waals surface area contributed by atoms with Crippen LogP contribution in [-0.4, -0.2) is 21.9 Å². The molecule has 3 nitrogen and oxygen atoms in total. The minimum atomic E-state index is -0.190. The third-order valence-electron chi connectivity index (χ3n) is 4.21. The van der Waals surface area contributed by atoms with Crippen molar-refractivity contribution in [2.45, 2.75) is 45.1 Å². The third-order valence-corrected chi connectivity index (χ3v) is 5.28. The topological polar surface area (TPSA) is 49.3 Å². The van der Waals surface area contributed by atoms with Crippen molar-refractivity contribution in [3.63, 3.8) is 0 Å². The summed E-state index contributed by atoms with van der Waals surface area (Å²) in [6.07, 6.45) is 4.32. The van der Waals surface area contributed by atoms with Gasteiger partial charge in [-0.1, -0.05) is 47.8 Å². The zero-order valence-electron chi connectivity index (χ0n) is 12.1. The molecule has 0 heterocycles. The largest absolute Gasteiger partial charge is 0.507 e. The second kappa shape index (κ2) is 6.17. The molecular formula is C16H22BrNO2. The lowest BCUT2D eigenvalue weighted by Gasteiger charge is -2.39. The highest BCUT2D eigenvalue weighted by atomic mass is 79.9. The van der Waals surface area contributed by atoms with Crippen molar-refractivity contribution in [3.05, 3.63) is 29.3 Å². The van der Waals surface area contributed by atoms with Crippen LogP contribution < -0.4 is 5.32 Å². The molecule has 1 fully saturated rings. The first-order valence-corrected chi connectivity index (χ1v) is 8.26. The Hall–Kier alpha value is -1.03. The number of carbonyl (C=O) groups excluding carboxylic acids is 1. The maximum absolute atomic E-state index is 12.5. The van der Waals surface area contributed by atoms with Gasteiger partial charge in [0.25, 0.3) is 5.91 Å². The Morgan fingerprint density at radius 3 is 2.95 bits per heavy atom. The number of alkyl halides is 1. The molecule has 0 radical (unpaired) electrons. The van der Waals surface area contributed by atoms with E-state index >= 15 is 0 Å². The van der Waals surface area contributed by atoms with Crippen LogP contribution in [0.2, 0.25) is 0 Å². The summed E-state index contributed by atoms with van der Waals surface area (Å²) in [5, 5.41) is 13.9. The second-order valence-electron chi connectivity index (χ2n) is 6.04. The molecule has 2 unspecified atom stereocenters. The molecule has 0 aliphatic heterocycles. The van der Waals surface area contributed by atoms with E-state index in [4.69, 9.17) is 0 Å². The van der Waals surface area contributed by atoms with Gasteiger partial charge in [-0.25, -0.2) is 0 Å². The molecule has 2 atom stereocenters. The number of halogens is 1. The fourth-order valence-electron chi connectivity index (χ4n) is 3.08. The lowest BCUT2D eigenvalue weighted by molar-refractivity contribution is 0.0866. The highest BCUT2D eigenvalue weighted by Gasteiger charge is 2.36. The number of aryl methyl sites for hydroxylation is 1. The molecule has 1 amide bonds. The summed E-state index contributed by atoms with van der Waals surface area (Å²) in [4.78, 5) is 12.5. The zero-order valence-corrected chi connectivity index (χ0v) is 13.7. The fourth-order valence-corrected chi connectivity index (χ4v) is 3.73. The van der Waals surface area contributed by atoms with Crippen LogP contribution in [0.4, 0.5) is 0 Å². The molecule has 0 bridgehead atoms. The molecule has 0 aromatic heterocycles. The molecule has 1 aromatic rings. The van der Waals surface area contributed by atoms with Crippen molar-refractivity contribution >= 4 is 21.8 Å². The molecule has 110 valence electrons. The van der Waals surface area contributed by atoms with E-state index in [0.29, 0.717) is 11.5 Å². The SMILES string of the molecule is Cc1cccc(C(=O)NC2(CBr)CCCC(C)C2)c1O. The Labute approximate surface area is 128 Å². The lowest BCUT2D eigenvalue weighted by atomic mass is 9.77. The van der Waals surface area contributed by atoms with E-state index in [1.165, 1.54) is 6.42 Å². The van der Waals surface area contributed by atoms with Crippen molar-refractivity contribution in [3.8, 4) is 5.75 Å². The maximum Gasteiger partial charge on any atom is 0.255 e. The van der Waals surface area contributed by atoms with E-state index < -0.39 is 0 Å². The van der Waals surface area contributed by atoms with Crippen LogP contribution in [0.1, 0.15) is 48.5 Å². The predicted molar refractivity (Wildman–Crippen MR) is 84.5 cm³/mol. The monoisotopic (exact) mass is 339 g/mol. The molecule has 20 heavy (non-hydrogen) atoms. The van der Waals surface area contributed by atoms with E-state index in [9.17, 15) is 9.90 Å². The Morgan fingerprint density at radius 1 is 1.55 bits per heavy atom. The number of rotatable bonds is 3. The Bertz CT molecular complexity index is 503. The van der Waals surface area contributed by atoms with Crippen molar-refractivity contribution in [1.82, 2.24) is 5.32 Å². The minimum absolute atomic E-state index is 0.0820. The number of hydrogen-bond donors (Lipinski definition) is 2. The molecule has 1 saturated carbocycles. The van der Waals surface area contributed by atoms with Gasteiger partial charge in [0.1, 0.15) is 5.75 Å². The highest BCUT2D eigenvalue weighted by molar-refractivity contribution is 9.09. The van der Waals surface area contributed by atoms with Gasteiger partial charge in [-0.3, -0.25) is 4.79 Å². The summed E-state index contributed by atoms with van der Waals surface area (Å²) in [5.41, 5.74) is 0.899. The van der Waals surface area contributed by atoms with Crippen LogP contribution >= 0.6 is 15.9 Å². The van der Waals surface area contributed by atoms with Gasteiger partial charge in [-0.2, -0.15) is 0 Å². The molecule has 0 spiro atoms. The van der Waals surface area contributed by atoms with Gasteiger partial charge in [0, 0.05) is 5.33 Å². The number of hydrogen-bond acceptors (Lipinski definition) is 2. The van der Waals surface area contributed by atoms with E-state index in [1.54, 1.807) is 25.1 Å². The number of carbonyl (C=O) groups is 1. The number of aromatic hydroxyl groups is 1. The fraction of sp³-hybridized carbons (Fsp3) is 0.562. The summed E-state index contributed by atoms with van der Waals surface area (Å²) in [5.74, 6) is 0.519. The first-order chi connectivity index (χ1) is 9.47. The van der Waals surface area contributed by atoms with Gasteiger partial charge in [0.05, 0.1) is 11.1 Å². The average Bonchev–Trinajstić information content (AvgIpc) is 2.41. The van der Waals surface area contributed by atoms with Gasteiger partial charge < -0.3 is 10.4 Å². The van der Waals surface area contributed by atoms with Crippen LogP contribution in [0.25, 0.3) is 0 Å². The van der Waals surface area contributed by atoms with Crippen molar-refractivity contribution in [2.75, 3.05) is 5.33 Å². The normalized spacial score (nSPS) is 26.2. The van der Waals surface area contributed by atoms with Crippen molar-refractivity contribution in [2.24, 2.45) is 5.92 Å². The van der Waals surface area contributed by atoms with Crippen LogP contribution in [0, 0.1) is 12.8 Å². The Balaban J connectivity index is 2.19. The van der Waals surface area contributed by atoms with E-state index in [-0.39, 0.29) is 17.2 Å². The van der Waals surface area contributed by atoms with Gasteiger partial charge in [0.2, 0.25) is 0 Å². The van der Waals surface area contributed by atoms with Crippen molar-refractivity contribution in [1.29, 1.82) is 0 Å². The third kappa shape index (κ3) is 3.17. The maximum atomic E-state index is 12.5. The summed E-state index contributed by atoms with van der Waals surface area (Å²) in [6.45, 7) is 4.03. The van der Waals surface area contributed by atoms with Crippen LogP contribution in [0.15, 0.2) is 18.2 Å². The van der Waals surface area contributed by atoms with Gasteiger partial charge in [0.15, 0.2) is 0 Å². The first-order valence-electron chi connectivity index (χ1n) is 7.14. The molecule has 1 aromatic carbocycles. The smallest absolute Gasteiger partial charge is 0.255 e. The Kier molecular flexibility index (Phi) is 4.74. The lowest BCUT2D eigenvalue weighted by Crippen LogP contribution is -2.52.